The summed E-state index contributed by atoms with van der Waals surface area (Å²) in [5, 5.41) is 8.65. The number of nitriles is 1. The summed E-state index contributed by atoms with van der Waals surface area (Å²) in [7, 11) is 0. The first-order valence-electron chi connectivity index (χ1n) is 3.93. The molecule has 0 aliphatic heterocycles. The van der Waals surface area contributed by atoms with Crippen molar-refractivity contribution in [2.75, 3.05) is 0 Å². The number of nitrogens with zero attached hydrogens (tertiary/aromatic N) is 3. The van der Waals surface area contributed by atoms with E-state index in [1.807, 2.05) is 19.1 Å². The molecule has 0 aromatic carbocycles. The highest BCUT2D eigenvalue weighted by Crippen LogP contribution is 2.13. The van der Waals surface area contributed by atoms with Gasteiger partial charge in [-0.05, 0) is 24.6 Å². The van der Waals surface area contributed by atoms with Gasteiger partial charge in [0.05, 0.1) is 16.6 Å². The minimum atomic E-state index is 0.547. The normalized spacial score (nSPS) is 9.85. The van der Waals surface area contributed by atoms with Crippen molar-refractivity contribution in [3.8, 4) is 6.07 Å². The smallest absolute Gasteiger partial charge is 0.101 e. The molecule has 3 heteroatoms. The fourth-order valence-electron chi connectivity index (χ4n) is 1.22. The zero-order valence-corrected chi connectivity index (χ0v) is 7.15. The molecule has 0 spiro atoms. The Morgan fingerprint density at radius 2 is 2.23 bits per heavy atom. The zero-order chi connectivity index (χ0) is 9.26. The Hall–Kier alpha value is -1.95. The second-order valence-corrected chi connectivity index (χ2v) is 2.83. The Labute approximate surface area is 75.7 Å². The summed E-state index contributed by atoms with van der Waals surface area (Å²) in [6, 6.07) is 5.69. The molecule has 2 heterocycles. The molecular formula is C10H7N3. The molecule has 0 N–H and O–H groups in total. The Balaban J connectivity index is 2.82. The van der Waals surface area contributed by atoms with Gasteiger partial charge in [-0.1, -0.05) is 0 Å². The highest BCUT2D eigenvalue weighted by atomic mass is 14.7. The quantitative estimate of drug-likeness (QED) is 0.604. The van der Waals surface area contributed by atoms with E-state index in [9.17, 15) is 0 Å². The summed E-state index contributed by atoms with van der Waals surface area (Å²) in [5.41, 5.74) is 3.26. The van der Waals surface area contributed by atoms with Crippen molar-refractivity contribution in [2.24, 2.45) is 0 Å². The van der Waals surface area contributed by atoms with Gasteiger partial charge in [0.2, 0.25) is 0 Å². The maximum atomic E-state index is 8.65. The summed E-state index contributed by atoms with van der Waals surface area (Å²) in [5.74, 6) is 0. The number of rotatable bonds is 0. The molecule has 0 fully saturated rings. The van der Waals surface area contributed by atoms with Gasteiger partial charge in [-0.25, -0.2) is 0 Å². The molecule has 0 aliphatic carbocycles. The lowest BCUT2D eigenvalue weighted by Crippen LogP contribution is -1.87. The summed E-state index contributed by atoms with van der Waals surface area (Å²) < 4.78 is 0. The maximum Gasteiger partial charge on any atom is 0.101 e. The van der Waals surface area contributed by atoms with Crippen LogP contribution in [0.2, 0.25) is 0 Å². The van der Waals surface area contributed by atoms with Crippen LogP contribution in [0.5, 0.6) is 0 Å². The number of aromatic nitrogens is 2. The second kappa shape index (κ2) is 2.83. The summed E-state index contributed by atoms with van der Waals surface area (Å²) in [6.07, 6.45) is 3.29. The van der Waals surface area contributed by atoms with Crippen LogP contribution < -0.4 is 0 Å². The average molecular weight is 169 g/mol. The van der Waals surface area contributed by atoms with Crippen LogP contribution in [0, 0.1) is 18.3 Å². The first kappa shape index (κ1) is 7.69. The SMILES string of the molecule is Cc1ccnc2cc(C#N)cnc12. The molecule has 0 aliphatic rings. The molecular weight excluding hydrogens is 162 g/mol. The van der Waals surface area contributed by atoms with Crippen LogP contribution in [0.4, 0.5) is 0 Å². The van der Waals surface area contributed by atoms with E-state index in [-0.39, 0.29) is 0 Å². The van der Waals surface area contributed by atoms with Crippen molar-refractivity contribution in [3.63, 3.8) is 0 Å². The molecule has 3 nitrogen and oxygen atoms in total. The van der Waals surface area contributed by atoms with Crippen LogP contribution in [0.3, 0.4) is 0 Å². The predicted molar refractivity (Wildman–Crippen MR) is 49.0 cm³/mol. The molecule has 2 aromatic rings. The van der Waals surface area contributed by atoms with Crippen LogP contribution in [0.1, 0.15) is 11.1 Å². The number of fused-ring (bicyclic) bond motifs is 1. The first-order valence-corrected chi connectivity index (χ1v) is 3.93. The molecule has 2 rings (SSSR count). The van der Waals surface area contributed by atoms with Crippen molar-refractivity contribution >= 4 is 11.0 Å². The molecule has 0 radical (unpaired) electrons. The molecule has 0 atom stereocenters. The number of aryl methyl sites for hydroxylation is 1. The second-order valence-electron chi connectivity index (χ2n) is 2.83. The number of hydrogen-bond acceptors (Lipinski definition) is 3. The third kappa shape index (κ3) is 1.23. The van der Waals surface area contributed by atoms with E-state index in [0.717, 1.165) is 16.6 Å². The van der Waals surface area contributed by atoms with Gasteiger partial charge in [-0.15, -0.1) is 0 Å². The van der Waals surface area contributed by atoms with E-state index in [1.165, 1.54) is 0 Å². The fraction of sp³-hybridized carbons (Fsp3) is 0.100. The lowest BCUT2D eigenvalue weighted by atomic mass is 10.2. The molecule has 62 valence electrons. The molecule has 0 unspecified atom stereocenters. The Morgan fingerprint density at radius 3 is 3.00 bits per heavy atom. The zero-order valence-electron chi connectivity index (χ0n) is 7.15. The molecule has 0 saturated carbocycles. The van der Waals surface area contributed by atoms with Crippen molar-refractivity contribution < 1.29 is 0 Å². The standard InChI is InChI=1S/C10H7N3/c1-7-2-3-12-9-4-8(5-11)6-13-10(7)9/h2-4,6H,1H3. The van der Waals surface area contributed by atoms with Gasteiger partial charge >= 0.3 is 0 Å². The third-order valence-electron chi connectivity index (χ3n) is 1.91. The van der Waals surface area contributed by atoms with E-state index in [4.69, 9.17) is 5.26 Å². The van der Waals surface area contributed by atoms with E-state index in [0.29, 0.717) is 5.56 Å². The van der Waals surface area contributed by atoms with Crippen LogP contribution in [0.25, 0.3) is 11.0 Å². The fourth-order valence-corrected chi connectivity index (χ4v) is 1.22. The third-order valence-corrected chi connectivity index (χ3v) is 1.91. The van der Waals surface area contributed by atoms with Gasteiger partial charge in [0.25, 0.3) is 0 Å². The van der Waals surface area contributed by atoms with Crippen molar-refractivity contribution in [1.82, 2.24) is 9.97 Å². The van der Waals surface area contributed by atoms with Crippen LogP contribution in [-0.4, -0.2) is 9.97 Å². The van der Waals surface area contributed by atoms with Gasteiger partial charge in [0, 0.05) is 12.4 Å². The van der Waals surface area contributed by atoms with E-state index in [1.54, 1.807) is 18.5 Å². The number of hydrogen-bond donors (Lipinski definition) is 0. The van der Waals surface area contributed by atoms with Crippen molar-refractivity contribution in [3.05, 3.63) is 35.7 Å². The lowest BCUT2D eigenvalue weighted by molar-refractivity contribution is 1.28. The predicted octanol–water partition coefficient (Wildman–Crippen LogP) is 1.81. The minimum Gasteiger partial charge on any atom is -0.255 e. The van der Waals surface area contributed by atoms with Gasteiger partial charge in [-0.2, -0.15) is 5.26 Å². The highest BCUT2D eigenvalue weighted by molar-refractivity contribution is 5.78. The molecule has 0 bridgehead atoms. The summed E-state index contributed by atoms with van der Waals surface area (Å²) in [4.78, 5) is 8.30. The maximum absolute atomic E-state index is 8.65. The molecule has 13 heavy (non-hydrogen) atoms. The van der Waals surface area contributed by atoms with Crippen LogP contribution in [-0.2, 0) is 0 Å². The summed E-state index contributed by atoms with van der Waals surface area (Å²) in [6.45, 7) is 1.98. The average Bonchev–Trinajstić information content (AvgIpc) is 2.18. The Morgan fingerprint density at radius 1 is 1.38 bits per heavy atom. The molecule has 0 amide bonds. The van der Waals surface area contributed by atoms with Crippen molar-refractivity contribution in [2.45, 2.75) is 6.92 Å². The van der Waals surface area contributed by atoms with Crippen LogP contribution in [0.15, 0.2) is 24.5 Å². The Bertz CT molecular complexity index is 497. The highest BCUT2D eigenvalue weighted by Gasteiger charge is 1.99. The van der Waals surface area contributed by atoms with E-state index < -0.39 is 0 Å². The molecule has 0 saturated heterocycles. The van der Waals surface area contributed by atoms with Gasteiger partial charge in [0.1, 0.15) is 6.07 Å². The monoisotopic (exact) mass is 169 g/mol. The minimum absolute atomic E-state index is 0.547. The van der Waals surface area contributed by atoms with Gasteiger partial charge in [-0.3, -0.25) is 9.97 Å². The number of pyridine rings is 2. The Kier molecular flexibility index (Phi) is 1.67. The van der Waals surface area contributed by atoms with Gasteiger partial charge < -0.3 is 0 Å². The van der Waals surface area contributed by atoms with Crippen molar-refractivity contribution in [1.29, 1.82) is 5.26 Å². The first-order chi connectivity index (χ1) is 6.31. The molecule has 2 aromatic heterocycles. The van der Waals surface area contributed by atoms with Gasteiger partial charge in [0.15, 0.2) is 0 Å². The lowest BCUT2D eigenvalue weighted by Gasteiger charge is -1.98. The van der Waals surface area contributed by atoms with E-state index in [2.05, 4.69) is 9.97 Å². The largest absolute Gasteiger partial charge is 0.255 e. The van der Waals surface area contributed by atoms with Crippen LogP contribution >= 0.6 is 0 Å². The topological polar surface area (TPSA) is 49.6 Å². The van der Waals surface area contributed by atoms with E-state index >= 15 is 0 Å². The summed E-state index contributed by atoms with van der Waals surface area (Å²) >= 11 is 0.